The summed E-state index contributed by atoms with van der Waals surface area (Å²) < 4.78 is 20.1. The van der Waals surface area contributed by atoms with Crippen molar-refractivity contribution < 1.29 is 72.3 Å². The average Bonchev–Trinajstić information content (AvgIpc) is 3.88. The number of carbonyl (C=O) groups excluding carboxylic acids is 4. The molecule has 62 heavy (non-hydrogen) atoms. The molecule has 0 spiro atoms. The molecule has 0 fully saturated rings. The zero-order chi connectivity index (χ0) is 44.5. The first-order valence-electron chi connectivity index (χ1n) is 19.9. The van der Waals surface area contributed by atoms with Crippen LogP contribution in [-0.2, 0) is 53.1 Å². The normalized spacial score (nSPS) is 11.2. The summed E-state index contributed by atoms with van der Waals surface area (Å²) in [6, 6.07) is 0. The maximum Gasteiger partial charge on any atom is 2.00 e. The number of hydrogen-bond acceptors (Lipinski definition) is 12. The number of aliphatic imine (C=N–C) groups is 4. The first kappa shape index (κ1) is 54.7. The van der Waals surface area contributed by atoms with Crippen LogP contribution in [0.1, 0.15) is 137 Å². The number of rotatable bonds is 18. The van der Waals surface area contributed by atoms with Gasteiger partial charge in [0, 0.05) is 24.9 Å². The van der Waals surface area contributed by atoms with Gasteiger partial charge >= 0.3 is 58.0 Å². The van der Waals surface area contributed by atoms with Gasteiger partial charge in [-0.15, -0.1) is 22.8 Å². The molecule has 4 aromatic heterocycles. The number of hydrogen-bond donors (Lipinski definition) is 0. The Balaban J connectivity index is 0.000000601. The predicted molar refractivity (Wildman–Crippen MR) is 231 cm³/mol. The Morgan fingerprint density at radius 2 is 0.548 bits per heavy atom. The van der Waals surface area contributed by atoms with Crippen molar-refractivity contribution in [1.82, 2.24) is 19.9 Å². The van der Waals surface area contributed by atoms with Crippen LogP contribution in [0.5, 0.6) is 0 Å². The Hall–Kier alpha value is -5.28. The van der Waals surface area contributed by atoms with E-state index in [0.29, 0.717) is 98.2 Å². The van der Waals surface area contributed by atoms with Gasteiger partial charge in [0.1, 0.15) is 0 Å². The van der Waals surface area contributed by atoms with Crippen LogP contribution in [0.15, 0.2) is 20.0 Å². The second-order valence-corrected chi connectivity index (χ2v) is 13.4. The fourth-order valence-electron chi connectivity index (χ4n) is 5.56. The Morgan fingerprint density at radius 1 is 0.371 bits per heavy atom. The molecule has 0 N–H and O–H groups in total. The molecule has 16 nitrogen and oxygen atoms in total. The van der Waals surface area contributed by atoms with Gasteiger partial charge in [0.2, 0.25) is 0 Å². The van der Waals surface area contributed by atoms with Gasteiger partial charge in [0.15, 0.2) is 0 Å². The van der Waals surface area contributed by atoms with E-state index in [1.165, 1.54) is 0 Å². The molecule has 0 amide bonds. The van der Waals surface area contributed by atoms with Gasteiger partial charge in [-0.1, -0.05) is 44.5 Å². The van der Waals surface area contributed by atoms with Crippen molar-refractivity contribution in [3.05, 3.63) is 90.1 Å². The fraction of sp³-hybridized carbons (Fsp3) is 0.455. The van der Waals surface area contributed by atoms with Crippen molar-refractivity contribution in [2.75, 3.05) is 52.6 Å². The van der Waals surface area contributed by atoms with E-state index in [4.69, 9.17) is 18.9 Å². The van der Waals surface area contributed by atoms with Crippen molar-refractivity contribution in [2.45, 2.75) is 83.1 Å². The maximum atomic E-state index is 11.9. The van der Waals surface area contributed by atoms with E-state index < -0.39 is 23.9 Å². The van der Waals surface area contributed by atoms with Crippen LogP contribution < -0.4 is 19.9 Å². The molecule has 0 aliphatic heterocycles. The molecule has 0 aliphatic rings. The first-order valence-corrected chi connectivity index (χ1v) is 19.9. The third-order valence-corrected chi connectivity index (χ3v) is 9.58. The molecule has 0 bridgehead atoms. The van der Waals surface area contributed by atoms with E-state index in [0.717, 1.165) is 44.5 Å². The predicted octanol–water partition coefficient (Wildman–Crippen LogP) is 5.45. The molecule has 342 valence electrons. The summed E-state index contributed by atoms with van der Waals surface area (Å²) in [5.41, 5.74) is 10.8. The van der Waals surface area contributed by atoms with Gasteiger partial charge in [-0.2, -0.15) is 0 Å². The van der Waals surface area contributed by atoms with Crippen LogP contribution >= 0.6 is 0 Å². The second-order valence-electron chi connectivity index (χ2n) is 13.4. The SMILES string of the molecule is CCOC(=O)c1[n-]c(C=NCCN=Cc2[n-]c(C(=O)OCC)c(C)c2C)c(C)c1C.CCOC(=O)c1[n-]c(C=NCCN=Cc2[n-]c(C(=O)OCC)c(C)c2C)c(C)c1C.[Cu+2].[Cu+2]. The molecule has 0 unspecified atom stereocenters. The number of ether oxygens (including phenoxy) is 4. The van der Waals surface area contributed by atoms with Gasteiger partial charge in [-0.3, -0.25) is 20.0 Å². The quantitative estimate of drug-likeness (QED) is 0.0401. The van der Waals surface area contributed by atoms with Crippen LogP contribution in [0.3, 0.4) is 0 Å². The van der Waals surface area contributed by atoms with Gasteiger partial charge in [0.25, 0.3) is 0 Å². The van der Waals surface area contributed by atoms with Crippen molar-refractivity contribution in [3.8, 4) is 0 Å². The van der Waals surface area contributed by atoms with E-state index >= 15 is 0 Å². The van der Waals surface area contributed by atoms with E-state index in [-0.39, 0.29) is 34.1 Å². The second kappa shape index (κ2) is 26.9. The Labute approximate surface area is 385 Å². The first-order chi connectivity index (χ1) is 28.6. The van der Waals surface area contributed by atoms with E-state index in [1.54, 1.807) is 52.6 Å². The minimum absolute atomic E-state index is 0. The number of carbonyl (C=O) groups is 4. The minimum Gasteiger partial charge on any atom is -0.650 e. The summed E-state index contributed by atoms with van der Waals surface area (Å²) in [4.78, 5) is 82.4. The monoisotopic (exact) mass is 950 g/mol. The van der Waals surface area contributed by atoms with Crippen LogP contribution in [-0.4, -0.2) is 101 Å². The molecule has 0 saturated heterocycles. The molecule has 4 aromatic rings. The molecule has 4 heterocycles. The Morgan fingerprint density at radius 3 is 0.710 bits per heavy atom. The van der Waals surface area contributed by atoms with Crippen LogP contribution in [0.2, 0.25) is 0 Å². The van der Waals surface area contributed by atoms with Crippen LogP contribution in [0.25, 0.3) is 0 Å². The summed E-state index contributed by atoms with van der Waals surface area (Å²) in [5, 5.41) is 0. The summed E-state index contributed by atoms with van der Waals surface area (Å²) in [5.74, 6) is -1.68. The number of nitrogens with zero attached hydrogens (tertiary/aromatic N) is 8. The summed E-state index contributed by atoms with van der Waals surface area (Å²) >= 11 is 0. The zero-order valence-electron chi connectivity index (χ0n) is 37.4. The standard InChI is InChI=1S/2C22H30N4O4.2Cu/c2*1-7-29-21(27)19-15(5)13(3)17(25-19)11-23-9-10-24-12-18-14(4)16(6)20(26-18)22(28)30-8-2;;/h2*11-12H,7-10H2,1-6H3,(H2,23,24,25,26,27,28);;/q;;2*+2/p-4. The van der Waals surface area contributed by atoms with Gasteiger partial charge in [0.05, 0.1) is 52.6 Å². The molecular formula is C44H56Cu2N8O8. The van der Waals surface area contributed by atoms with Crippen molar-refractivity contribution >= 4 is 48.7 Å². The topological polar surface area (TPSA) is 211 Å². The Bertz CT molecular complexity index is 1950. The molecule has 18 heteroatoms. The van der Waals surface area contributed by atoms with Crippen molar-refractivity contribution in [3.63, 3.8) is 0 Å². The summed E-state index contributed by atoms with van der Waals surface area (Å²) in [7, 11) is 0. The van der Waals surface area contributed by atoms with Crippen molar-refractivity contribution in [1.29, 1.82) is 0 Å². The minimum atomic E-state index is -0.419. The van der Waals surface area contributed by atoms with Gasteiger partial charge in [-0.25, -0.2) is 19.2 Å². The third kappa shape index (κ3) is 14.4. The number of esters is 4. The van der Waals surface area contributed by atoms with E-state index in [9.17, 15) is 19.2 Å². The van der Waals surface area contributed by atoms with E-state index in [2.05, 4.69) is 39.9 Å². The molecular weight excluding hydrogens is 896 g/mol. The molecule has 0 aliphatic carbocycles. The van der Waals surface area contributed by atoms with Gasteiger partial charge in [-0.05, 0) is 106 Å². The van der Waals surface area contributed by atoms with Crippen molar-refractivity contribution in [2.24, 2.45) is 20.0 Å². The maximum absolute atomic E-state index is 11.9. The molecule has 2 radical (unpaired) electrons. The molecule has 4 rings (SSSR count). The smallest absolute Gasteiger partial charge is 0.650 e. The van der Waals surface area contributed by atoms with Crippen LogP contribution in [0.4, 0.5) is 0 Å². The van der Waals surface area contributed by atoms with E-state index in [1.807, 2.05) is 55.4 Å². The number of aromatic nitrogens is 4. The molecule has 0 aromatic carbocycles. The zero-order valence-corrected chi connectivity index (χ0v) is 39.3. The summed E-state index contributed by atoms with van der Waals surface area (Å²) in [6.45, 7) is 25.1. The molecule has 0 atom stereocenters. The third-order valence-electron chi connectivity index (χ3n) is 9.58. The van der Waals surface area contributed by atoms with Gasteiger partial charge < -0.3 is 38.9 Å². The fourth-order valence-corrected chi connectivity index (χ4v) is 5.56. The van der Waals surface area contributed by atoms with Crippen LogP contribution in [0, 0.1) is 55.4 Å². The largest absolute Gasteiger partial charge is 2.00 e. The summed E-state index contributed by atoms with van der Waals surface area (Å²) in [6.07, 6.45) is 6.59. The Kier molecular flexibility index (Phi) is 23.8. The molecule has 0 saturated carbocycles. The average molecular weight is 952 g/mol.